The Balaban J connectivity index is 2.76. The zero-order valence-corrected chi connectivity index (χ0v) is 8.98. The number of hydrogen-bond donors (Lipinski definition) is 1. The Morgan fingerprint density at radius 1 is 1.29 bits per heavy atom. The summed E-state index contributed by atoms with van der Waals surface area (Å²) in [5, 5.41) is 2.50. The van der Waals surface area contributed by atoms with Gasteiger partial charge in [0.05, 0.1) is 6.04 Å². The Bertz CT molecular complexity index is 297. The van der Waals surface area contributed by atoms with E-state index in [-0.39, 0.29) is 0 Å². The fraction of sp³-hybridized carbons (Fsp3) is 0.333. The molecule has 0 amide bonds. The molecule has 1 aromatic rings. The van der Waals surface area contributed by atoms with Crippen molar-refractivity contribution in [1.29, 1.82) is 0 Å². The van der Waals surface area contributed by atoms with Gasteiger partial charge in [0.15, 0.2) is 0 Å². The van der Waals surface area contributed by atoms with Gasteiger partial charge in [-0.3, -0.25) is 0 Å². The highest BCUT2D eigenvalue weighted by atomic mass is 79.9. The van der Waals surface area contributed by atoms with Crippen LogP contribution in [-0.4, -0.2) is 12.5 Å². The first kappa shape index (κ1) is 11.4. The van der Waals surface area contributed by atoms with Crippen molar-refractivity contribution in [3.05, 3.63) is 28.5 Å². The van der Waals surface area contributed by atoms with Crippen molar-refractivity contribution in [3.63, 3.8) is 0 Å². The lowest BCUT2D eigenvalue weighted by molar-refractivity contribution is 0.130. The van der Waals surface area contributed by atoms with Gasteiger partial charge in [-0.2, -0.15) is 0 Å². The molecular weight excluding hydrogens is 259 g/mol. The minimum Gasteiger partial charge on any atom is -0.377 e. The molecule has 0 saturated heterocycles. The molecule has 1 aromatic carbocycles. The van der Waals surface area contributed by atoms with Crippen molar-refractivity contribution in [2.24, 2.45) is 0 Å². The molecule has 0 aliphatic rings. The molecule has 0 heterocycles. The van der Waals surface area contributed by atoms with Crippen LogP contribution in [0.4, 0.5) is 18.9 Å². The van der Waals surface area contributed by atoms with Crippen molar-refractivity contribution in [2.75, 3.05) is 5.32 Å². The van der Waals surface area contributed by atoms with E-state index in [2.05, 4.69) is 21.2 Å². The summed E-state index contributed by atoms with van der Waals surface area (Å²) in [7, 11) is 0. The van der Waals surface area contributed by atoms with Crippen LogP contribution in [0.3, 0.4) is 0 Å². The molecule has 0 aliphatic heterocycles. The lowest BCUT2D eigenvalue weighted by atomic mass is 10.2. The second kappa shape index (κ2) is 4.68. The third kappa shape index (κ3) is 3.21. The van der Waals surface area contributed by atoms with Crippen LogP contribution in [-0.2, 0) is 0 Å². The second-order valence-electron chi connectivity index (χ2n) is 2.93. The van der Waals surface area contributed by atoms with Gasteiger partial charge in [0, 0.05) is 10.2 Å². The summed E-state index contributed by atoms with van der Waals surface area (Å²) >= 11 is 3.07. The minimum atomic E-state index is -2.47. The maximum absolute atomic E-state index is 12.8. The van der Waals surface area contributed by atoms with Gasteiger partial charge in [0.25, 0.3) is 6.43 Å². The molecule has 1 N–H and O–H groups in total. The molecule has 0 radical (unpaired) electrons. The second-order valence-corrected chi connectivity index (χ2v) is 3.84. The molecule has 1 unspecified atom stereocenters. The monoisotopic (exact) mass is 267 g/mol. The highest BCUT2D eigenvalue weighted by Gasteiger charge is 2.14. The molecule has 78 valence electrons. The van der Waals surface area contributed by atoms with Crippen molar-refractivity contribution < 1.29 is 13.2 Å². The van der Waals surface area contributed by atoms with Crippen LogP contribution in [0.2, 0.25) is 0 Å². The van der Waals surface area contributed by atoms with Crippen molar-refractivity contribution in [3.8, 4) is 0 Å². The number of alkyl halides is 2. The predicted octanol–water partition coefficient (Wildman–Crippen LogP) is 3.65. The van der Waals surface area contributed by atoms with Gasteiger partial charge in [0.2, 0.25) is 0 Å². The van der Waals surface area contributed by atoms with Gasteiger partial charge >= 0.3 is 0 Å². The molecule has 1 atom stereocenters. The first-order valence-corrected chi connectivity index (χ1v) is 4.79. The Kier molecular flexibility index (Phi) is 3.80. The lowest BCUT2D eigenvalue weighted by Crippen LogP contribution is -2.23. The molecular formula is C9H9BrF3N. The number of benzene rings is 1. The van der Waals surface area contributed by atoms with E-state index >= 15 is 0 Å². The summed E-state index contributed by atoms with van der Waals surface area (Å²) < 4.78 is 37.6. The maximum Gasteiger partial charge on any atom is 0.258 e. The summed E-state index contributed by atoms with van der Waals surface area (Å²) in [6, 6.07) is 2.98. The Hall–Kier alpha value is -0.710. The van der Waals surface area contributed by atoms with Gasteiger partial charge in [-0.05, 0) is 25.1 Å². The molecule has 0 fully saturated rings. The van der Waals surface area contributed by atoms with E-state index < -0.39 is 18.3 Å². The molecule has 0 spiro atoms. The largest absolute Gasteiger partial charge is 0.377 e. The number of nitrogens with one attached hydrogen (secondary N) is 1. The minimum absolute atomic E-state index is 0.338. The third-order valence-corrected chi connectivity index (χ3v) is 2.09. The van der Waals surface area contributed by atoms with E-state index in [1.807, 2.05) is 0 Å². The van der Waals surface area contributed by atoms with Gasteiger partial charge in [-0.1, -0.05) is 15.9 Å². The van der Waals surface area contributed by atoms with Crippen LogP contribution in [0, 0.1) is 5.82 Å². The summed E-state index contributed by atoms with van der Waals surface area (Å²) in [6.07, 6.45) is -2.47. The first-order valence-electron chi connectivity index (χ1n) is 4.00. The zero-order chi connectivity index (χ0) is 10.7. The topological polar surface area (TPSA) is 12.0 Å². The quantitative estimate of drug-likeness (QED) is 0.882. The molecule has 5 heteroatoms. The third-order valence-electron chi connectivity index (χ3n) is 1.63. The summed E-state index contributed by atoms with van der Waals surface area (Å²) in [5.74, 6) is -0.469. The van der Waals surface area contributed by atoms with Crippen LogP contribution in [0.15, 0.2) is 22.7 Å². The highest BCUT2D eigenvalue weighted by molar-refractivity contribution is 9.10. The number of anilines is 1. The molecule has 0 saturated carbocycles. The van der Waals surface area contributed by atoms with Gasteiger partial charge < -0.3 is 5.32 Å². The number of halogens is 4. The molecule has 14 heavy (non-hydrogen) atoms. The number of rotatable bonds is 3. The summed E-state index contributed by atoms with van der Waals surface area (Å²) in [5.41, 5.74) is 0.338. The van der Waals surface area contributed by atoms with E-state index in [9.17, 15) is 13.2 Å². The number of hydrogen-bond acceptors (Lipinski definition) is 1. The van der Waals surface area contributed by atoms with Crippen LogP contribution >= 0.6 is 15.9 Å². The van der Waals surface area contributed by atoms with Crippen LogP contribution in [0.25, 0.3) is 0 Å². The smallest absolute Gasteiger partial charge is 0.258 e. The van der Waals surface area contributed by atoms with Crippen LogP contribution in [0.5, 0.6) is 0 Å². The standard InChI is InChI=1S/C9H9BrF3N/c1-5(9(12)13)14-8-3-6(10)2-7(11)4-8/h2-5,9,14H,1H3. The van der Waals surface area contributed by atoms with Gasteiger partial charge in [-0.25, -0.2) is 13.2 Å². The van der Waals surface area contributed by atoms with Crippen molar-refractivity contribution in [2.45, 2.75) is 19.4 Å². The average molecular weight is 268 g/mol. The molecule has 0 aliphatic carbocycles. The fourth-order valence-corrected chi connectivity index (χ4v) is 1.43. The van der Waals surface area contributed by atoms with E-state index in [1.54, 1.807) is 6.07 Å². The maximum atomic E-state index is 12.8. The Morgan fingerprint density at radius 3 is 2.43 bits per heavy atom. The molecule has 0 bridgehead atoms. The molecule has 0 aromatic heterocycles. The SMILES string of the molecule is CC(Nc1cc(F)cc(Br)c1)C(F)F. The Labute approximate surface area is 88.4 Å². The zero-order valence-electron chi connectivity index (χ0n) is 7.40. The van der Waals surface area contributed by atoms with Gasteiger partial charge in [0.1, 0.15) is 5.82 Å². The first-order chi connectivity index (χ1) is 6.49. The van der Waals surface area contributed by atoms with Crippen LogP contribution < -0.4 is 5.32 Å². The van der Waals surface area contributed by atoms with E-state index in [1.165, 1.54) is 19.1 Å². The van der Waals surface area contributed by atoms with E-state index in [4.69, 9.17) is 0 Å². The average Bonchev–Trinajstić information content (AvgIpc) is 2.01. The summed E-state index contributed by atoms with van der Waals surface area (Å²) in [6.45, 7) is 1.34. The fourth-order valence-electron chi connectivity index (χ4n) is 0.963. The molecule has 1 nitrogen and oxygen atoms in total. The van der Waals surface area contributed by atoms with E-state index in [0.29, 0.717) is 10.2 Å². The van der Waals surface area contributed by atoms with Gasteiger partial charge in [-0.15, -0.1) is 0 Å². The highest BCUT2D eigenvalue weighted by Crippen LogP contribution is 2.20. The predicted molar refractivity (Wildman–Crippen MR) is 53.2 cm³/mol. The summed E-state index contributed by atoms with van der Waals surface area (Å²) in [4.78, 5) is 0. The normalized spacial score (nSPS) is 13.0. The van der Waals surface area contributed by atoms with E-state index in [0.717, 1.165) is 0 Å². The lowest BCUT2D eigenvalue weighted by Gasteiger charge is -2.14. The van der Waals surface area contributed by atoms with Crippen molar-refractivity contribution >= 4 is 21.6 Å². The van der Waals surface area contributed by atoms with Crippen LogP contribution in [0.1, 0.15) is 6.92 Å². The van der Waals surface area contributed by atoms with Crippen molar-refractivity contribution in [1.82, 2.24) is 0 Å². The Morgan fingerprint density at radius 2 is 1.93 bits per heavy atom. The molecule has 1 rings (SSSR count).